The molecule has 1 aromatic heterocycles. The first-order valence-electron chi connectivity index (χ1n) is 5.68. The average molecular weight is 250 g/mol. The summed E-state index contributed by atoms with van der Waals surface area (Å²) < 4.78 is 5.15. The third kappa shape index (κ3) is 4.53. The number of aromatic nitrogens is 1. The van der Waals surface area contributed by atoms with Crippen LogP contribution in [0.5, 0.6) is 0 Å². The van der Waals surface area contributed by atoms with Gasteiger partial charge in [-0.25, -0.2) is 4.79 Å². The standard InChI is InChI=1S/C13H18N2O3/c1-13(2,3)18-12(17)15(4)9-11(16)10-7-5-6-8-14-10/h5-8H,9H2,1-4H3. The summed E-state index contributed by atoms with van der Waals surface area (Å²) in [4.78, 5) is 28.6. The van der Waals surface area contributed by atoms with Gasteiger partial charge in [0.25, 0.3) is 0 Å². The summed E-state index contributed by atoms with van der Waals surface area (Å²) in [5.74, 6) is -0.219. The van der Waals surface area contributed by atoms with Gasteiger partial charge < -0.3 is 9.64 Å². The Morgan fingerprint density at radius 2 is 2.00 bits per heavy atom. The molecule has 0 aromatic carbocycles. The molecule has 0 N–H and O–H groups in total. The molecule has 1 amide bonds. The first-order chi connectivity index (χ1) is 8.29. The van der Waals surface area contributed by atoms with Gasteiger partial charge in [-0.2, -0.15) is 0 Å². The van der Waals surface area contributed by atoms with Gasteiger partial charge in [-0.3, -0.25) is 9.78 Å². The molecule has 0 radical (unpaired) electrons. The lowest BCUT2D eigenvalue weighted by atomic mass is 10.2. The number of carbonyl (C=O) groups excluding carboxylic acids is 2. The van der Waals surface area contributed by atoms with Crippen molar-refractivity contribution in [2.75, 3.05) is 13.6 Å². The van der Waals surface area contributed by atoms with Crippen molar-refractivity contribution < 1.29 is 14.3 Å². The average Bonchev–Trinajstić information content (AvgIpc) is 2.27. The highest BCUT2D eigenvalue weighted by Gasteiger charge is 2.21. The summed E-state index contributed by atoms with van der Waals surface area (Å²) in [7, 11) is 1.52. The van der Waals surface area contributed by atoms with Crippen molar-refractivity contribution in [3.8, 4) is 0 Å². The molecule has 0 aliphatic carbocycles. The highest BCUT2D eigenvalue weighted by atomic mass is 16.6. The summed E-state index contributed by atoms with van der Waals surface area (Å²) in [6.07, 6.45) is 1.02. The summed E-state index contributed by atoms with van der Waals surface area (Å²) in [5.41, 5.74) is -0.229. The monoisotopic (exact) mass is 250 g/mol. The molecular weight excluding hydrogens is 232 g/mol. The van der Waals surface area contributed by atoms with Crippen LogP contribution in [0.2, 0.25) is 0 Å². The molecule has 0 atom stereocenters. The second kappa shape index (κ2) is 5.62. The van der Waals surface area contributed by atoms with Crippen LogP contribution in [-0.2, 0) is 4.74 Å². The minimum atomic E-state index is -0.570. The van der Waals surface area contributed by atoms with Gasteiger partial charge >= 0.3 is 6.09 Å². The molecule has 0 spiro atoms. The summed E-state index contributed by atoms with van der Waals surface area (Å²) in [5, 5.41) is 0. The topological polar surface area (TPSA) is 59.5 Å². The largest absolute Gasteiger partial charge is 0.444 e. The lowest BCUT2D eigenvalue weighted by Crippen LogP contribution is -2.37. The predicted octanol–water partition coefficient (Wildman–Crippen LogP) is 2.13. The van der Waals surface area contributed by atoms with Crippen LogP contribution in [0.3, 0.4) is 0 Å². The Balaban J connectivity index is 2.58. The van der Waals surface area contributed by atoms with Crippen LogP contribution in [0.25, 0.3) is 0 Å². The van der Waals surface area contributed by atoms with Crippen molar-refractivity contribution in [2.24, 2.45) is 0 Å². The molecule has 1 heterocycles. The van der Waals surface area contributed by atoms with Gasteiger partial charge in [0, 0.05) is 13.2 Å². The highest BCUT2D eigenvalue weighted by molar-refractivity contribution is 5.97. The van der Waals surface area contributed by atoms with E-state index in [0.717, 1.165) is 0 Å². The molecule has 0 saturated carbocycles. The Kier molecular flexibility index (Phi) is 4.42. The van der Waals surface area contributed by atoms with E-state index >= 15 is 0 Å². The van der Waals surface area contributed by atoms with Crippen LogP contribution in [0, 0.1) is 0 Å². The first kappa shape index (κ1) is 14.2. The van der Waals surface area contributed by atoms with Gasteiger partial charge in [0.15, 0.2) is 0 Å². The molecule has 5 nitrogen and oxygen atoms in total. The van der Waals surface area contributed by atoms with E-state index in [1.54, 1.807) is 45.2 Å². The zero-order valence-corrected chi connectivity index (χ0v) is 11.1. The van der Waals surface area contributed by atoms with E-state index in [9.17, 15) is 9.59 Å². The smallest absolute Gasteiger partial charge is 0.410 e. The van der Waals surface area contributed by atoms with Crippen LogP contribution < -0.4 is 0 Å². The maximum Gasteiger partial charge on any atom is 0.410 e. The number of ketones is 1. The number of hydrogen-bond acceptors (Lipinski definition) is 4. The van der Waals surface area contributed by atoms with Crippen molar-refractivity contribution >= 4 is 11.9 Å². The van der Waals surface area contributed by atoms with Gasteiger partial charge in [-0.15, -0.1) is 0 Å². The number of Topliss-reactive ketones (excluding diaryl/α,β-unsaturated/α-hetero) is 1. The Bertz CT molecular complexity index is 424. The van der Waals surface area contributed by atoms with Gasteiger partial charge in [-0.05, 0) is 32.9 Å². The molecule has 0 aliphatic rings. The van der Waals surface area contributed by atoms with Crippen molar-refractivity contribution in [3.63, 3.8) is 0 Å². The van der Waals surface area contributed by atoms with Crippen LogP contribution >= 0.6 is 0 Å². The predicted molar refractivity (Wildman–Crippen MR) is 67.4 cm³/mol. The Morgan fingerprint density at radius 3 is 2.50 bits per heavy atom. The maximum atomic E-state index is 11.8. The molecule has 0 aliphatic heterocycles. The van der Waals surface area contributed by atoms with Gasteiger partial charge in [0.05, 0.1) is 6.54 Å². The van der Waals surface area contributed by atoms with E-state index in [2.05, 4.69) is 4.98 Å². The molecule has 0 unspecified atom stereocenters. The molecule has 5 heteroatoms. The normalized spacial score (nSPS) is 10.9. The zero-order chi connectivity index (χ0) is 13.8. The van der Waals surface area contributed by atoms with Crippen LogP contribution in [0.15, 0.2) is 24.4 Å². The fourth-order valence-corrected chi connectivity index (χ4v) is 1.23. The number of likely N-dealkylation sites (N-methyl/N-ethyl adjacent to an activating group) is 1. The molecule has 98 valence electrons. The molecule has 1 aromatic rings. The Morgan fingerprint density at radius 1 is 1.33 bits per heavy atom. The van der Waals surface area contributed by atoms with E-state index < -0.39 is 11.7 Å². The summed E-state index contributed by atoms with van der Waals surface area (Å²) >= 11 is 0. The number of carbonyl (C=O) groups is 2. The number of pyridine rings is 1. The third-order valence-corrected chi connectivity index (χ3v) is 2.04. The minimum Gasteiger partial charge on any atom is -0.444 e. The molecule has 0 saturated heterocycles. The zero-order valence-electron chi connectivity index (χ0n) is 11.1. The van der Waals surface area contributed by atoms with Gasteiger partial charge in [-0.1, -0.05) is 6.07 Å². The summed E-state index contributed by atoms with van der Waals surface area (Å²) in [6, 6.07) is 5.08. The molecular formula is C13H18N2O3. The van der Waals surface area contributed by atoms with E-state index in [0.29, 0.717) is 5.69 Å². The fourth-order valence-electron chi connectivity index (χ4n) is 1.23. The second-order valence-electron chi connectivity index (χ2n) is 4.97. The molecule has 0 fully saturated rings. The minimum absolute atomic E-state index is 0.0497. The van der Waals surface area contributed by atoms with Crippen LogP contribution in [0.4, 0.5) is 4.79 Å². The van der Waals surface area contributed by atoms with E-state index in [4.69, 9.17) is 4.74 Å². The Labute approximate surface area is 107 Å². The van der Waals surface area contributed by atoms with Crippen molar-refractivity contribution in [1.82, 2.24) is 9.88 Å². The van der Waals surface area contributed by atoms with Gasteiger partial charge in [0.2, 0.25) is 5.78 Å². The van der Waals surface area contributed by atoms with E-state index in [1.807, 2.05) is 0 Å². The Hall–Kier alpha value is -1.91. The van der Waals surface area contributed by atoms with E-state index in [-0.39, 0.29) is 12.3 Å². The number of hydrogen-bond donors (Lipinski definition) is 0. The van der Waals surface area contributed by atoms with Crippen LogP contribution in [-0.4, -0.2) is 41.0 Å². The first-order valence-corrected chi connectivity index (χ1v) is 5.68. The number of ether oxygens (including phenoxy) is 1. The van der Waals surface area contributed by atoms with E-state index in [1.165, 1.54) is 11.9 Å². The number of nitrogens with zero attached hydrogens (tertiary/aromatic N) is 2. The molecule has 1 rings (SSSR count). The van der Waals surface area contributed by atoms with Gasteiger partial charge in [0.1, 0.15) is 11.3 Å². The maximum absolute atomic E-state index is 11.8. The number of rotatable bonds is 3. The lowest BCUT2D eigenvalue weighted by molar-refractivity contribution is 0.0294. The molecule has 18 heavy (non-hydrogen) atoms. The lowest BCUT2D eigenvalue weighted by Gasteiger charge is -2.24. The quantitative estimate of drug-likeness (QED) is 0.771. The second-order valence-corrected chi connectivity index (χ2v) is 4.97. The highest BCUT2D eigenvalue weighted by Crippen LogP contribution is 2.09. The fraction of sp³-hybridized carbons (Fsp3) is 0.462. The molecule has 0 bridgehead atoms. The summed E-state index contributed by atoms with van der Waals surface area (Å²) in [6.45, 7) is 5.28. The third-order valence-electron chi connectivity index (χ3n) is 2.04. The van der Waals surface area contributed by atoms with Crippen molar-refractivity contribution in [2.45, 2.75) is 26.4 Å². The number of amides is 1. The van der Waals surface area contributed by atoms with Crippen molar-refractivity contribution in [3.05, 3.63) is 30.1 Å². The van der Waals surface area contributed by atoms with Crippen molar-refractivity contribution in [1.29, 1.82) is 0 Å². The SMILES string of the molecule is CN(CC(=O)c1ccccn1)C(=O)OC(C)(C)C. The van der Waals surface area contributed by atoms with Crippen LogP contribution in [0.1, 0.15) is 31.3 Å².